The average molecular weight is 520 g/mol. The highest BCUT2D eigenvalue weighted by Crippen LogP contribution is 2.30. The molecule has 8 heteroatoms. The van der Waals surface area contributed by atoms with Crippen molar-refractivity contribution in [2.24, 2.45) is 0 Å². The van der Waals surface area contributed by atoms with E-state index in [1.807, 2.05) is 67.7 Å². The summed E-state index contributed by atoms with van der Waals surface area (Å²) in [6.07, 6.45) is 3.63. The number of hydrogen-bond acceptors (Lipinski definition) is 6. The Kier molecular flexibility index (Phi) is 6.67. The molecule has 2 aromatic heterocycles. The van der Waals surface area contributed by atoms with Crippen molar-refractivity contribution < 1.29 is 14.3 Å². The molecule has 4 aromatic rings. The van der Waals surface area contributed by atoms with Crippen LogP contribution in [0.3, 0.4) is 0 Å². The van der Waals surface area contributed by atoms with E-state index in [4.69, 9.17) is 32.7 Å². The smallest absolute Gasteiger partial charge is 0.187 e. The number of Topliss-reactive ketones (excluding diaryl/α,β-unsaturated/α-hetero) is 1. The SMILES string of the molecule is COc1ccc2cc(/C=C3\CN(C)C/C(=C\c4cc5ccc(OC)cc5nc4Cl)C3=O)c(Cl)nc2c1. The molecule has 2 aromatic carbocycles. The third kappa shape index (κ3) is 4.80. The lowest BCUT2D eigenvalue weighted by atomic mass is 9.94. The zero-order valence-electron chi connectivity index (χ0n) is 20.0. The molecule has 36 heavy (non-hydrogen) atoms. The van der Waals surface area contributed by atoms with E-state index < -0.39 is 0 Å². The molecule has 3 heterocycles. The van der Waals surface area contributed by atoms with Gasteiger partial charge in [0, 0.05) is 58.3 Å². The number of carbonyl (C=O) groups is 1. The molecular weight excluding hydrogens is 497 g/mol. The molecule has 0 saturated carbocycles. The van der Waals surface area contributed by atoms with Gasteiger partial charge in [-0.1, -0.05) is 23.2 Å². The zero-order valence-corrected chi connectivity index (χ0v) is 21.5. The number of carbonyl (C=O) groups excluding carboxylic acids is 1. The van der Waals surface area contributed by atoms with Crippen LogP contribution in [0, 0.1) is 0 Å². The van der Waals surface area contributed by atoms with Gasteiger partial charge in [0.2, 0.25) is 0 Å². The second-order valence-electron chi connectivity index (χ2n) is 8.69. The van der Waals surface area contributed by atoms with Crippen LogP contribution in [-0.4, -0.2) is 55.0 Å². The molecular formula is C28H23Cl2N3O3. The molecule has 0 spiro atoms. The first-order valence-electron chi connectivity index (χ1n) is 11.3. The minimum Gasteiger partial charge on any atom is -0.497 e. The lowest BCUT2D eigenvalue weighted by molar-refractivity contribution is -0.113. The first-order chi connectivity index (χ1) is 17.3. The van der Waals surface area contributed by atoms with Crippen molar-refractivity contribution in [1.82, 2.24) is 14.9 Å². The molecule has 1 aliphatic heterocycles. The summed E-state index contributed by atoms with van der Waals surface area (Å²) in [6.45, 7) is 0.993. The molecule has 5 rings (SSSR count). The Bertz CT molecular complexity index is 1460. The number of likely N-dealkylation sites (N-methyl/N-ethyl adjacent to an activating group) is 1. The van der Waals surface area contributed by atoms with Gasteiger partial charge in [-0.25, -0.2) is 9.97 Å². The number of pyridine rings is 2. The normalized spacial score (nSPS) is 16.9. The van der Waals surface area contributed by atoms with Crippen LogP contribution in [-0.2, 0) is 4.79 Å². The summed E-state index contributed by atoms with van der Waals surface area (Å²) >= 11 is 13.0. The molecule has 1 aliphatic rings. The number of ketones is 1. The van der Waals surface area contributed by atoms with Gasteiger partial charge in [0.05, 0.1) is 25.3 Å². The van der Waals surface area contributed by atoms with Crippen LogP contribution in [0.15, 0.2) is 59.7 Å². The quantitative estimate of drug-likeness (QED) is 0.240. The van der Waals surface area contributed by atoms with Crippen LogP contribution in [0.4, 0.5) is 0 Å². The number of ether oxygens (including phenoxy) is 2. The Hall–Kier alpha value is -3.45. The number of aromatic nitrogens is 2. The van der Waals surface area contributed by atoms with Crippen LogP contribution >= 0.6 is 23.2 Å². The summed E-state index contributed by atoms with van der Waals surface area (Å²) in [5.41, 5.74) is 4.08. The van der Waals surface area contributed by atoms with E-state index in [2.05, 4.69) is 14.9 Å². The monoisotopic (exact) mass is 519 g/mol. The van der Waals surface area contributed by atoms with Crippen molar-refractivity contribution in [3.63, 3.8) is 0 Å². The van der Waals surface area contributed by atoms with E-state index in [9.17, 15) is 4.79 Å². The molecule has 182 valence electrons. The molecule has 1 saturated heterocycles. The molecule has 6 nitrogen and oxygen atoms in total. The molecule has 0 radical (unpaired) electrons. The maximum absolute atomic E-state index is 13.5. The van der Waals surface area contributed by atoms with Crippen LogP contribution in [0.1, 0.15) is 11.1 Å². The second kappa shape index (κ2) is 9.90. The second-order valence-corrected chi connectivity index (χ2v) is 9.41. The highest BCUT2D eigenvalue weighted by Gasteiger charge is 2.25. The lowest BCUT2D eigenvalue weighted by Gasteiger charge is -2.26. The predicted molar refractivity (Wildman–Crippen MR) is 145 cm³/mol. The summed E-state index contributed by atoms with van der Waals surface area (Å²) in [7, 11) is 5.18. The fourth-order valence-electron chi connectivity index (χ4n) is 4.32. The Morgan fingerprint density at radius 2 is 1.22 bits per heavy atom. The summed E-state index contributed by atoms with van der Waals surface area (Å²) in [6, 6.07) is 15.1. The highest BCUT2D eigenvalue weighted by atomic mass is 35.5. The number of fused-ring (bicyclic) bond motifs is 2. The Labute approximate surface area is 218 Å². The Morgan fingerprint density at radius 3 is 1.64 bits per heavy atom. The standard InChI is InChI=1S/C28H23Cl2N3O3/c1-33-14-20(10-18-8-16-4-6-22(35-2)12-24(16)31-27(18)29)26(34)21(15-33)11-19-9-17-5-7-23(36-3)13-25(17)32-28(19)30/h4-13H,14-15H2,1-3H3/b20-10+,21-11+. The molecule has 1 fully saturated rings. The van der Waals surface area contributed by atoms with E-state index in [-0.39, 0.29) is 5.78 Å². The van der Waals surface area contributed by atoms with Crippen LogP contribution in [0.5, 0.6) is 11.5 Å². The molecule has 0 N–H and O–H groups in total. The van der Waals surface area contributed by atoms with Gasteiger partial charge in [-0.2, -0.15) is 0 Å². The van der Waals surface area contributed by atoms with Gasteiger partial charge in [-0.05, 0) is 55.6 Å². The number of benzene rings is 2. The summed E-state index contributed by atoms with van der Waals surface area (Å²) in [4.78, 5) is 24.5. The minimum absolute atomic E-state index is 0.0510. The van der Waals surface area contributed by atoms with Crippen molar-refractivity contribution in [3.05, 3.63) is 81.1 Å². The van der Waals surface area contributed by atoms with Crippen molar-refractivity contribution in [1.29, 1.82) is 0 Å². The van der Waals surface area contributed by atoms with Gasteiger partial charge in [-0.15, -0.1) is 0 Å². The first-order valence-corrected chi connectivity index (χ1v) is 12.0. The molecule has 0 aliphatic carbocycles. The molecule has 0 bridgehead atoms. The van der Waals surface area contributed by atoms with Crippen molar-refractivity contribution in [2.75, 3.05) is 34.4 Å². The fraction of sp³-hybridized carbons (Fsp3) is 0.179. The van der Waals surface area contributed by atoms with Crippen LogP contribution in [0.25, 0.3) is 34.0 Å². The van der Waals surface area contributed by atoms with Gasteiger partial charge < -0.3 is 9.47 Å². The number of halogens is 2. The fourth-order valence-corrected chi connectivity index (χ4v) is 4.72. The number of nitrogens with zero attached hydrogens (tertiary/aromatic N) is 3. The van der Waals surface area contributed by atoms with Crippen LogP contribution < -0.4 is 9.47 Å². The molecule has 0 unspecified atom stereocenters. The van der Waals surface area contributed by atoms with E-state index in [1.54, 1.807) is 14.2 Å². The van der Waals surface area contributed by atoms with Gasteiger partial charge >= 0.3 is 0 Å². The first kappa shape index (κ1) is 24.3. The van der Waals surface area contributed by atoms with Crippen molar-refractivity contribution in [2.45, 2.75) is 0 Å². The largest absolute Gasteiger partial charge is 0.497 e. The third-order valence-corrected chi connectivity index (χ3v) is 6.74. The summed E-state index contributed by atoms with van der Waals surface area (Å²) in [5, 5.41) is 2.47. The molecule has 0 amide bonds. The van der Waals surface area contributed by atoms with Gasteiger partial charge in [0.25, 0.3) is 0 Å². The number of likely N-dealkylation sites (tertiary alicyclic amines) is 1. The van der Waals surface area contributed by atoms with Gasteiger partial charge in [0.15, 0.2) is 5.78 Å². The van der Waals surface area contributed by atoms with E-state index in [0.717, 1.165) is 21.8 Å². The van der Waals surface area contributed by atoms with Crippen molar-refractivity contribution >= 4 is 62.9 Å². The maximum Gasteiger partial charge on any atom is 0.187 e. The summed E-state index contributed by atoms with van der Waals surface area (Å²) in [5.74, 6) is 1.36. The Balaban J connectivity index is 1.52. The number of methoxy groups -OCH3 is 2. The third-order valence-electron chi connectivity index (χ3n) is 6.13. The number of rotatable bonds is 4. The average Bonchev–Trinajstić information content (AvgIpc) is 2.87. The summed E-state index contributed by atoms with van der Waals surface area (Å²) < 4.78 is 10.5. The topological polar surface area (TPSA) is 64.6 Å². The van der Waals surface area contributed by atoms with E-state index >= 15 is 0 Å². The number of piperidine rings is 1. The highest BCUT2D eigenvalue weighted by molar-refractivity contribution is 6.32. The zero-order chi connectivity index (χ0) is 25.4. The van der Waals surface area contributed by atoms with Gasteiger partial charge in [0.1, 0.15) is 21.8 Å². The molecule has 0 atom stereocenters. The van der Waals surface area contributed by atoms with E-state index in [0.29, 0.717) is 57.2 Å². The lowest BCUT2D eigenvalue weighted by Crippen LogP contribution is -2.34. The Morgan fingerprint density at radius 1 is 0.778 bits per heavy atom. The van der Waals surface area contributed by atoms with Crippen LogP contribution in [0.2, 0.25) is 10.3 Å². The maximum atomic E-state index is 13.5. The predicted octanol–water partition coefficient (Wildman–Crippen LogP) is 6.09. The van der Waals surface area contributed by atoms with E-state index in [1.165, 1.54) is 0 Å². The van der Waals surface area contributed by atoms with Crippen molar-refractivity contribution in [3.8, 4) is 11.5 Å². The minimum atomic E-state index is -0.0510. The number of hydrogen-bond donors (Lipinski definition) is 0. The van der Waals surface area contributed by atoms with Gasteiger partial charge in [-0.3, -0.25) is 9.69 Å².